The molecule has 0 unspecified atom stereocenters. The molecule has 106 valence electrons. The molecule has 0 aromatic heterocycles. The number of ether oxygens (including phenoxy) is 1. The van der Waals surface area contributed by atoms with Crippen molar-refractivity contribution in [2.24, 2.45) is 0 Å². The molecule has 2 nitrogen and oxygen atoms in total. The van der Waals surface area contributed by atoms with Gasteiger partial charge in [0.2, 0.25) is 0 Å². The molecule has 0 aliphatic carbocycles. The molecule has 4 heteroatoms. The summed E-state index contributed by atoms with van der Waals surface area (Å²) in [5, 5.41) is 0. The standard InChI is InChI=1S/C16H17F2NO/c1-4-19-11(3)7-6-8-15(19)16-13(17)9-12(20-5-2)10-14(16)18/h6-10H,3-5H2,1-2H3. The lowest BCUT2D eigenvalue weighted by atomic mass is 10.1. The van der Waals surface area contributed by atoms with E-state index in [0.717, 1.165) is 0 Å². The van der Waals surface area contributed by atoms with E-state index in [1.54, 1.807) is 30.1 Å². The minimum absolute atomic E-state index is 0.0548. The van der Waals surface area contributed by atoms with Crippen molar-refractivity contribution in [3.63, 3.8) is 0 Å². The Hall–Kier alpha value is -2.10. The molecule has 1 aliphatic rings. The van der Waals surface area contributed by atoms with Crippen molar-refractivity contribution in [3.8, 4) is 5.75 Å². The smallest absolute Gasteiger partial charge is 0.139 e. The molecule has 0 fully saturated rings. The summed E-state index contributed by atoms with van der Waals surface area (Å²) in [7, 11) is 0. The number of nitrogens with zero attached hydrogens (tertiary/aromatic N) is 1. The van der Waals surface area contributed by atoms with Crippen LogP contribution in [0.1, 0.15) is 19.4 Å². The first-order valence-corrected chi connectivity index (χ1v) is 6.55. The van der Waals surface area contributed by atoms with Crippen molar-refractivity contribution in [1.29, 1.82) is 0 Å². The molecule has 1 aromatic rings. The average molecular weight is 277 g/mol. The Kier molecular flexibility index (Phi) is 4.23. The molecule has 20 heavy (non-hydrogen) atoms. The zero-order valence-electron chi connectivity index (χ0n) is 11.6. The van der Waals surface area contributed by atoms with Gasteiger partial charge in [0.25, 0.3) is 0 Å². The van der Waals surface area contributed by atoms with E-state index in [2.05, 4.69) is 6.58 Å². The summed E-state index contributed by atoms with van der Waals surface area (Å²) >= 11 is 0. The quantitative estimate of drug-likeness (QED) is 0.821. The van der Waals surface area contributed by atoms with Gasteiger partial charge in [0.15, 0.2) is 0 Å². The van der Waals surface area contributed by atoms with Crippen LogP contribution in [0.3, 0.4) is 0 Å². The van der Waals surface area contributed by atoms with Crippen LogP contribution in [0.5, 0.6) is 5.75 Å². The van der Waals surface area contributed by atoms with Crippen LogP contribution in [-0.2, 0) is 0 Å². The Morgan fingerprint density at radius 2 is 1.85 bits per heavy atom. The highest BCUT2D eigenvalue weighted by atomic mass is 19.1. The van der Waals surface area contributed by atoms with Crippen LogP contribution >= 0.6 is 0 Å². The molecule has 1 aliphatic heterocycles. The van der Waals surface area contributed by atoms with E-state index in [1.165, 1.54) is 12.1 Å². The lowest BCUT2D eigenvalue weighted by Crippen LogP contribution is -2.22. The Bertz CT molecular complexity index is 567. The molecular weight excluding hydrogens is 260 g/mol. The van der Waals surface area contributed by atoms with E-state index < -0.39 is 11.6 Å². The van der Waals surface area contributed by atoms with Gasteiger partial charge < -0.3 is 9.64 Å². The number of likely N-dealkylation sites (N-methyl/N-ethyl adjacent to an activating group) is 1. The number of hydrogen-bond acceptors (Lipinski definition) is 2. The molecule has 0 radical (unpaired) electrons. The molecule has 1 aromatic carbocycles. The van der Waals surface area contributed by atoms with Crippen LogP contribution in [-0.4, -0.2) is 18.1 Å². The fourth-order valence-electron chi connectivity index (χ4n) is 2.22. The van der Waals surface area contributed by atoms with Crippen LogP contribution in [0.15, 0.2) is 42.6 Å². The van der Waals surface area contributed by atoms with Gasteiger partial charge in [0, 0.05) is 24.4 Å². The van der Waals surface area contributed by atoms with Gasteiger partial charge in [-0.3, -0.25) is 0 Å². The number of rotatable bonds is 4. The number of benzene rings is 1. The molecule has 1 heterocycles. The zero-order chi connectivity index (χ0) is 14.7. The van der Waals surface area contributed by atoms with Gasteiger partial charge in [-0.25, -0.2) is 8.78 Å². The third kappa shape index (κ3) is 2.59. The summed E-state index contributed by atoms with van der Waals surface area (Å²) in [4.78, 5) is 1.77. The van der Waals surface area contributed by atoms with Crippen LogP contribution in [0.4, 0.5) is 8.78 Å². The topological polar surface area (TPSA) is 12.5 Å². The summed E-state index contributed by atoms with van der Waals surface area (Å²) in [6, 6.07) is 2.41. The van der Waals surface area contributed by atoms with Crippen LogP contribution in [0.25, 0.3) is 5.70 Å². The number of hydrogen-bond donors (Lipinski definition) is 0. The highest BCUT2D eigenvalue weighted by Crippen LogP contribution is 2.32. The maximum absolute atomic E-state index is 14.2. The number of allylic oxidation sites excluding steroid dienone is 3. The maximum atomic E-state index is 14.2. The normalized spacial score (nSPS) is 14.5. The van der Waals surface area contributed by atoms with Crippen molar-refractivity contribution >= 4 is 5.70 Å². The maximum Gasteiger partial charge on any atom is 0.139 e. The first kappa shape index (κ1) is 14.3. The second-order valence-corrected chi connectivity index (χ2v) is 4.34. The Labute approximate surface area is 117 Å². The largest absolute Gasteiger partial charge is 0.494 e. The molecule has 0 amide bonds. The van der Waals surface area contributed by atoms with Crippen LogP contribution < -0.4 is 4.74 Å². The average Bonchev–Trinajstić information content (AvgIpc) is 2.38. The molecule has 0 saturated carbocycles. The minimum Gasteiger partial charge on any atom is -0.494 e. The van der Waals surface area contributed by atoms with Gasteiger partial charge in [-0.2, -0.15) is 0 Å². The lowest BCUT2D eigenvalue weighted by molar-refractivity contribution is 0.335. The van der Waals surface area contributed by atoms with E-state index in [1.807, 2.05) is 6.92 Å². The van der Waals surface area contributed by atoms with Gasteiger partial charge in [-0.1, -0.05) is 12.7 Å². The van der Waals surface area contributed by atoms with Gasteiger partial charge in [0.05, 0.1) is 17.9 Å². The first-order valence-electron chi connectivity index (χ1n) is 6.55. The monoisotopic (exact) mass is 277 g/mol. The fourth-order valence-corrected chi connectivity index (χ4v) is 2.22. The van der Waals surface area contributed by atoms with Gasteiger partial charge in [-0.15, -0.1) is 0 Å². The van der Waals surface area contributed by atoms with E-state index in [-0.39, 0.29) is 11.3 Å². The van der Waals surface area contributed by atoms with Gasteiger partial charge >= 0.3 is 0 Å². The SMILES string of the molecule is C=C1C=CC=C(c2c(F)cc(OCC)cc2F)N1CC. The van der Waals surface area contributed by atoms with Crippen molar-refractivity contribution < 1.29 is 13.5 Å². The van der Waals surface area contributed by atoms with E-state index in [9.17, 15) is 8.78 Å². The minimum atomic E-state index is -0.638. The summed E-state index contributed by atoms with van der Waals surface area (Å²) in [5.74, 6) is -1.08. The first-order chi connectivity index (χ1) is 9.58. The summed E-state index contributed by atoms with van der Waals surface area (Å²) in [6.07, 6.45) is 5.22. The number of halogens is 2. The molecule has 0 atom stereocenters. The summed E-state index contributed by atoms with van der Waals surface area (Å²) < 4.78 is 33.6. The molecule has 0 N–H and O–H groups in total. The zero-order valence-corrected chi connectivity index (χ0v) is 11.6. The van der Waals surface area contributed by atoms with Crippen LogP contribution in [0.2, 0.25) is 0 Å². The molecule has 0 bridgehead atoms. The van der Waals surface area contributed by atoms with Crippen LogP contribution in [0, 0.1) is 11.6 Å². The van der Waals surface area contributed by atoms with Crippen molar-refractivity contribution in [3.05, 3.63) is 59.8 Å². The predicted octanol–water partition coefficient (Wildman–Crippen LogP) is 4.11. The van der Waals surface area contributed by atoms with Crippen molar-refractivity contribution in [2.75, 3.05) is 13.2 Å². The lowest BCUT2D eigenvalue weighted by Gasteiger charge is -2.29. The Morgan fingerprint density at radius 1 is 1.20 bits per heavy atom. The summed E-state index contributed by atoms with van der Waals surface area (Å²) in [5.41, 5.74) is 1.12. The third-order valence-corrected chi connectivity index (χ3v) is 3.08. The Morgan fingerprint density at radius 3 is 2.40 bits per heavy atom. The molecule has 0 spiro atoms. The third-order valence-electron chi connectivity index (χ3n) is 3.08. The highest BCUT2D eigenvalue weighted by Gasteiger charge is 2.22. The Balaban J connectivity index is 2.49. The van der Waals surface area contributed by atoms with E-state index in [4.69, 9.17) is 4.74 Å². The van der Waals surface area contributed by atoms with Gasteiger partial charge in [0.1, 0.15) is 17.4 Å². The van der Waals surface area contributed by atoms with Crippen molar-refractivity contribution in [1.82, 2.24) is 4.90 Å². The van der Waals surface area contributed by atoms with E-state index in [0.29, 0.717) is 24.5 Å². The van der Waals surface area contributed by atoms with E-state index >= 15 is 0 Å². The predicted molar refractivity (Wildman–Crippen MR) is 76.2 cm³/mol. The second-order valence-electron chi connectivity index (χ2n) is 4.34. The molecule has 0 saturated heterocycles. The second kappa shape index (κ2) is 5.90. The molecule has 2 rings (SSSR count). The van der Waals surface area contributed by atoms with Gasteiger partial charge in [-0.05, 0) is 26.0 Å². The molecular formula is C16H17F2NO. The fraction of sp³-hybridized carbons (Fsp3) is 0.250. The highest BCUT2D eigenvalue weighted by molar-refractivity contribution is 5.70. The summed E-state index contributed by atoms with van der Waals surface area (Å²) in [6.45, 7) is 8.49. The van der Waals surface area contributed by atoms with Crippen molar-refractivity contribution in [2.45, 2.75) is 13.8 Å².